The summed E-state index contributed by atoms with van der Waals surface area (Å²) >= 11 is 0. The predicted octanol–water partition coefficient (Wildman–Crippen LogP) is 3.15. The number of hydrogen-bond acceptors (Lipinski definition) is 4. The number of esters is 1. The number of fused-ring (bicyclic) bond motifs is 1. The van der Waals surface area contributed by atoms with Crippen LogP contribution in [0.5, 0.6) is 0 Å². The van der Waals surface area contributed by atoms with Crippen LogP contribution in [-0.2, 0) is 16.6 Å². The van der Waals surface area contributed by atoms with Crippen molar-refractivity contribution in [2.45, 2.75) is 12.8 Å². The van der Waals surface area contributed by atoms with E-state index in [1.807, 2.05) is 47.4 Å². The Hall–Kier alpha value is -3.15. The SMILES string of the molecule is COC(=O)c1c2ccc(-c3ccc(N4CCCC4=O)cc3)cc2nn1C. The Bertz CT molecular complexity index is 1010. The molecule has 0 N–H and O–H groups in total. The van der Waals surface area contributed by atoms with Crippen LogP contribution in [0.3, 0.4) is 0 Å². The molecule has 1 aliphatic heterocycles. The Morgan fingerprint density at radius 1 is 1.12 bits per heavy atom. The summed E-state index contributed by atoms with van der Waals surface area (Å²) in [4.78, 5) is 25.6. The zero-order chi connectivity index (χ0) is 18.3. The molecule has 0 spiro atoms. The molecular formula is C20H19N3O3. The summed E-state index contributed by atoms with van der Waals surface area (Å²) in [5.74, 6) is -0.217. The fraction of sp³-hybridized carbons (Fsp3) is 0.250. The summed E-state index contributed by atoms with van der Waals surface area (Å²) in [5, 5.41) is 5.19. The number of aromatic nitrogens is 2. The lowest BCUT2D eigenvalue weighted by Gasteiger charge is -2.16. The smallest absolute Gasteiger partial charge is 0.356 e. The highest BCUT2D eigenvalue weighted by Crippen LogP contribution is 2.29. The van der Waals surface area contributed by atoms with E-state index in [0.29, 0.717) is 12.1 Å². The molecule has 0 atom stereocenters. The van der Waals surface area contributed by atoms with E-state index in [0.717, 1.165) is 40.7 Å². The van der Waals surface area contributed by atoms with Crippen LogP contribution in [0.4, 0.5) is 5.69 Å². The lowest BCUT2D eigenvalue weighted by Crippen LogP contribution is -2.23. The lowest BCUT2D eigenvalue weighted by molar-refractivity contribution is -0.117. The highest BCUT2D eigenvalue weighted by Gasteiger charge is 2.21. The maximum atomic E-state index is 11.9. The van der Waals surface area contributed by atoms with E-state index in [1.54, 1.807) is 11.7 Å². The fourth-order valence-corrected chi connectivity index (χ4v) is 3.47. The third-order valence-electron chi connectivity index (χ3n) is 4.80. The minimum Gasteiger partial charge on any atom is -0.464 e. The third-order valence-corrected chi connectivity index (χ3v) is 4.80. The molecule has 1 aromatic heterocycles. The number of amides is 1. The Morgan fingerprint density at radius 3 is 2.50 bits per heavy atom. The second kappa shape index (κ2) is 6.29. The highest BCUT2D eigenvalue weighted by atomic mass is 16.5. The van der Waals surface area contributed by atoms with Crippen molar-refractivity contribution < 1.29 is 14.3 Å². The van der Waals surface area contributed by atoms with E-state index in [9.17, 15) is 9.59 Å². The van der Waals surface area contributed by atoms with E-state index < -0.39 is 5.97 Å². The Kier molecular flexibility index (Phi) is 3.95. The number of benzene rings is 2. The maximum absolute atomic E-state index is 11.9. The second-order valence-corrected chi connectivity index (χ2v) is 6.39. The van der Waals surface area contributed by atoms with Crippen LogP contribution >= 0.6 is 0 Å². The lowest BCUT2D eigenvalue weighted by atomic mass is 10.0. The molecule has 2 aromatic carbocycles. The molecule has 132 valence electrons. The van der Waals surface area contributed by atoms with Crippen LogP contribution in [0.1, 0.15) is 23.3 Å². The van der Waals surface area contributed by atoms with Crippen LogP contribution in [0.15, 0.2) is 42.5 Å². The molecule has 0 aliphatic carbocycles. The van der Waals surface area contributed by atoms with Crippen molar-refractivity contribution in [1.29, 1.82) is 0 Å². The van der Waals surface area contributed by atoms with E-state index >= 15 is 0 Å². The molecule has 1 fully saturated rings. The van der Waals surface area contributed by atoms with Gasteiger partial charge in [0.15, 0.2) is 5.69 Å². The van der Waals surface area contributed by atoms with E-state index in [1.165, 1.54) is 7.11 Å². The number of carbonyl (C=O) groups excluding carboxylic acids is 2. The van der Waals surface area contributed by atoms with Gasteiger partial charge in [-0.3, -0.25) is 9.48 Å². The van der Waals surface area contributed by atoms with Crippen molar-refractivity contribution in [3.8, 4) is 11.1 Å². The Labute approximate surface area is 151 Å². The highest BCUT2D eigenvalue weighted by molar-refractivity contribution is 6.03. The molecule has 0 radical (unpaired) electrons. The molecule has 1 aliphatic rings. The summed E-state index contributed by atoms with van der Waals surface area (Å²) in [5.41, 5.74) is 4.16. The zero-order valence-corrected chi connectivity index (χ0v) is 14.7. The van der Waals surface area contributed by atoms with E-state index in [-0.39, 0.29) is 5.91 Å². The molecule has 6 nitrogen and oxygen atoms in total. The average molecular weight is 349 g/mol. The topological polar surface area (TPSA) is 64.4 Å². The van der Waals surface area contributed by atoms with Crippen LogP contribution < -0.4 is 4.90 Å². The minimum atomic E-state index is -0.401. The number of carbonyl (C=O) groups is 2. The monoisotopic (exact) mass is 349 g/mol. The number of anilines is 1. The summed E-state index contributed by atoms with van der Waals surface area (Å²) < 4.78 is 6.38. The number of nitrogens with zero attached hydrogens (tertiary/aromatic N) is 3. The quantitative estimate of drug-likeness (QED) is 0.682. The van der Waals surface area contributed by atoms with Gasteiger partial charge >= 0.3 is 5.97 Å². The van der Waals surface area contributed by atoms with Crippen molar-refractivity contribution in [3.63, 3.8) is 0 Å². The molecule has 0 saturated carbocycles. The first kappa shape index (κ1) is 16.3. The summed E-state index contributed by atoms with van der Waals surface area (Å²) in [7, 11) is 3.09. The largest absolute Gasteiger partial charge is 0.464 e. The van der Waals surface area contributed by atoms with Gasteiger partial charge in [0.1, 0.15) is 0 Å². The van der Waals surface area contributed by atoms with Gasteiger partial charge < -0.3 is 9.64 Å². The van der Waals surface area contributed by atoms with Gasteiger partial charge in [-0.2, -0.15) is 5.10 Å². The average Bonchev–Trinajstić information content (AvgIpc) is 3.22. The van der Waals surface area contributed by atoms with E-state index in [4.69, 9.17) is 4.74 Å². The molecule has 1 saturated heterocycles. The number of rotatable bonds is 3. The first-order valence-electron chi connectivity index (χ1n) is 8.54. The summed E-state index contributed by atoms with van der Waals surface area (Å²) in [6.07, 6.45) is 1.54. The van der Waals surface area contributed by atoms with Crippen LogP contribution in [0, 0.1) is 0 Å². The van der Waals surface area contributed by atoms with Gasteiger partial charge in [-0.15, -0.1) is 0 Å². The van der Waals surface area contributed by atoms with Crippen molar-refractivity contribution in [2.24, 2.45) is 7.05 Å². The zero-order valence-electron chi connectivity index (χ0n) is 14.7. The first-order valence-corrected chi connectivity index (χ1v) is 8.54. The molecule has 1 amide bonds. The maximum Gasteiger partial charge on any atom is 0.356 e. The van der Waals surface area contributed by atoms with Crippen LogP contribution in [0.2, 0.25) is 0 Å². The van der Waals surface area contributed by atoms with Gasteiger partial charge in [-0.1, -0.05) is 18.2 Å². The second-order valence-electron chi connectivity index (χ2n) is 6.39. The third kappa shape index (κ3) is 2.63. The Balaban J connectivity index is 1.68. The predicted molar refractivity (Wildman–Crippen MR) is 99.1 cm³/mol. The van der Waals surface area contributed by atoms with Crippen LogP contribution in [-0.4, -0.2) is 35.3 Å². The summed E-state index contributed by atoms with van der Waals surface area (Å²) in [6, 6.07) is 13.8. The molecular weight excluding hydrogens is 330 g/mol. The molecule has 2 heterocycles. The normalized spacial score (nSPS) is 14.2. The molecule has 3 aromatic rings. The van der Waals surface area contributed by atoms with Crippen molar-refractivity contribution in [3.05, 3.63) is 48.2 Å². The van der Waals surface area contributed by atoms with Gasteiger partial charge in [0.2, 0.25) is 5.91 Å². The van der Waals surface area contributed by atoms with Crippen molar-refractivity contribution in [1.82, 2.24) is 9.78 Å². The number of hydrogen-bond donors (Lipinski definition) is 0. The van der Waals surface area contributed by atoms with Crippen molar-refractivity contribution >= 4 is 28.5 Å². The van der Waals surface area contributed by atoms with E-state index in [2.05, 4.69) is 5.10 Å². The summed E-state index contributed by atoms with van der Waals surface area (Å²) in [6.45, 7) is 0.786. The fourth-order valence-electron chi connectivity index (χ4n) is 3.47. The minimum absolute atomic E-state index is 0.183. The molecule has 4 rings (SSSR count). The van der Waals surface area contributed by atoms with Gasteiger partial charge in [0.05, 0.1) is 12.6 Å². The van der Waals surface area contributed by atoms with Gasteiger partial charge in [-0.05, 0) is 41.8 Å². The Morgan fingerprint density at radius 2 is 1.85 bits per heavy atom. The molecule has 6 heteroatoms. The van der Waals surface area contributed by atoms with Crippen LogP contribution in [0.25, 0.3) is 22.0 Å². The van der Waals surface area contributed by atoms with Crippen molar-refractivity contribution in [2.75, 3.05) is 18.6 Å². The molecule has 0 unspecified atom stereocenters. The van der Waals surface area contributed by atoms with Gasteiger partial charge in [0, 0.05) is 31.1 Å². The molecule has 0 bridgehead atoms. The number of aryl methyl sites for hydroxylation is 1. The first-order chi connectivity index (χ1) is 12.6. The van der Waals surface area contributed by atoms with Gasteiger partial charge in [-0.25, -0.2) is 4.79 Å². The van der Waals surface area contributed by atoms with Gasteiger partial charge in [0.25, 0.3) is 0 Å². The molecule has 26 heavy (non-hydrogen) atoms. The standard InChI is InChI=1S/C20H19N3O3/c1-22-19(20(25)26-2)16-10-7-14(12-17(16)21-22)13-5-8-15(9-6-13)23-11-3-4-18(23)24/h5-10,12H,3-4,11H2,1-2H3. The number of ether oxygens (including phenoxy) is 1. The number of methoxy groups -OCH3 is 1.